The largest absolute Gasteiger partial charge is 0.475 e. The number of nitrogens with zero attached hydrogens (tertiary/aromatic N) is 2. The molecule has 0 saturated heterocycles. The molecule has 1 heterocycles. The van der Waals surface area contributed by atoms with Gasteiger partial charge in [-0.25, -0.2) is 9.97 Å². The Labute approximate surface area is 114 Å². The third-order valence-corrected chi connectivity index (χ3v) is 2.55. The van der Waals surface area contributed by atoms with Gasteiger partial charge in [-0.05, 0) is 27.7 Å². The molecule has 0 unspecified atom stereocenters. The molecule has 1 amide bonds. The maximum absolute atomic E-state index is 11.7. The van der Waals surface area contributed by atoms with Gasteiger partial charge in [0.25, 0.3) is 0 Å². The van der Waals surface area contributed by atoms with E-state index in [1.54, 1.807) is 13.1 Å². The molecule has 1 rings (SSSR count). The van der Waals surface area contributed by atoms with Gasteiger partial charge in [-0.3, -0.25) is 4.79 Å². The fourth-order valence-electron chi connectivity index (χ4n) is 1.47. The van der Waals surface area contributed by atoms with Crippen LogP contribution in [0.5, 0.6) is 5.88 Å². The van der Waals surface area contributed by atoms with E-state index >= 15 is 0 Å². The summed E-state index contributed by atoms with van der Waals surface area (Å²) < 4.78 is 5.49. The van der Waals surface area contributed by atoms with Crippen molar-refractivity contribution in [2.75, 3.05) is 18.9 Å². The van der Waals surface area contributed by atoms with Crippen LogP contribution in [0, 0.1) is 5.41 Å². The number of hydrogen-bond acceptors (Lipinski definition) is 5. The van der Waals surface area contributed by atoms with Gasteiger partial charge in [0.05, 0.1) is 11.5 Å². The molecular formula is C13H22N4O2. The van der Waals surface area contributed by atoms with E-state index in [0.29, 0.717) is 18.2 Å². The Morgan fingerprint density at radius 1 is 1.42 bits per heavy atom. The zero-order chi connectivity index (χ0) is 14.5. The van der Waals surface area contributed by atoms with Crippen molar-refractivity contribution >= 4 is 11.7 Å². The van der Waals surface area contributed by atoms with Crippen LogP contribution in [0.3, 0.4) is 0 Å². The summed E-state index contributed by atoms with van der Waals surface area (Å²) in [5, 5.41) is 5.76. The average Bonchev–Trinajstić information content (AvgIpc) is 2.35. The van der Waals surface area contributed by atoms with Crippen molar-refractivity contribution in [1.29, 1.82) is 0 Å². The number of hydrogen-bond donors (Lipinski definition) is 2. The third kappa shape index (κ3) is 4.73. The summed E-state index contributed by atoms with van der Waals surface area (Å²) in [6, 6.07) is 1.72. The van der Waals surface area contributed by atoms with Crippen LogP contribution in [-0.2, 0) is 4.79 Å². The molecule has 0 bridgehead atoms. The van der Waals surface area contributed by atoms with Gasteiger partial charge in [-0.2, -0.15) is 0 Å². The zero-order valence-corrected chi connectivity index (χ0v) is 12.2. The molecule has 0 saturated carbocycles. The van der Waals surface area contributed by atoms with Crippen LogP contribution in [0.4, 0.5) is 5.82 Å². The molecule has 106 valence electrons. The Kier molecular flexibility index (Phi) is 5.09. The van der Waals surface area contributed by atoms with Gasteiger partial charge in [0.15, 0.2) is 0 Å². The Morgan fingerprint density at radius 3 is 2.68 bits per heavy atom. The van der Waals surface area contributed by atoms with Gasteiger partial charge in [0, 0.05) is 19.7 Å². The maximum Gasteiger partial charge on any atom is 0.227 e. The lowest BCUT2D eigenvalue weighted by Gasteiger charge is -2.23. The summed E-state index contributed by atoms with van der Waals surface area (Å²) in [5.74, 6) is 1.14. The summed E-state index contributed by atoms with van der Waals surface area (Å²) >= 11 is 0. The molecule has 6 heteroatoms. The fourth-order valence-corrected chi connectivity index (χ4v) is 1.47. The predicted octanol–water partition coefficient (Wildman–Crippen LogP) is 1.45. The Hall–Kier alpha value is -1.85. The molecule has 0 spiro atoms. The molecule has 0 radical (unpaired) electrons. The van der Waals surface area contributed by atoms with Crippen LogP contribution in [0.2, 0.25) is 0 Å². The lowest BCUT2D eigenvalue weighted by Crippen LogP contribution is -2.39. The summed E-state index contributed by atoms with van der Waals surface area (Å²) in [6.07, 6.45) is 1.50. The number of amides is 1. The van der Waals surface area contributed by atoms with Crippen LogP contribution >= 0.6 is 0 Å². The van der Waals surface area contributed by atoms with Gasteiger partial charge in [0.2, 0.25) is 11.8 Å². The SMILES string of the molecule is CNC(=O)C(C)(C)CNc1cc(OC(C)C)ncn1. The molecule has 0 aliphatic heterocycles. The first-order valence-corrected chi connectivity index (χ1v) is 6.30. The molecule has 0 aliphatic carbocycles. The van der Waals surface area contributed by atoms with Crippen molar-refractivity contribution in [3.63, 3.8) is 0 Å². The average molecular weight is 266 g/mol. The monoisotopic (exact) mass is 266 g/mol. The van der Waals surface area contributed by atoms with Gasteiger partial charge in [0.1, 0.15) is 12.1 Å². The molecule has 1 aromatic heterocycles. The van der Waals surface area contributed by atoms with Crippen LogP contribution in [0.15, 0.2) is 12.4 Å². The number of carbonyl (C=O) groups is 1. The second-order valence-corrected chi connectivity index (χ2v) is 5.22. The number of nitrogens with one attached hydrogen (secondary N) is 2. The van der Waals surface area contributed by atoms with E-state index in [2.05, 4.69) is 20.6 Å². The highest BCUT2D eigenvalue weighted by Gasteiger charge is 2.26. The number of ether oxygens (including phenoxy) is 1. The number of carbonyl (C=O) groups excluding carboxylic acids is 1. The number of anilines is 1. The lowest BCUT2D eigenvalue weighted by molar-refractivity contribution is -0.128. The van der Waals surface area contributed by atoms with E-state index in [1.807, 2.05) is 27.7 Å². The number of aromatic nitrogens is 2. The highest BCUT2D eigenvalue weighted by Crippen LogP contribution is 2.18. The first kappa shape index (κ1) is 15.2. The molecule has 2 N–H and O–H groups in total. The molecule has 1 aromatic rings. The van der Waals surface area contributed by atoms with Gasteiger partial charge < -0.3 is 15.4 Å². The van der Waals surface area contributed by atoms with E-state index in [1.165, 1.54) is 6.33 Å². The second kappa shape index (κ2) is 6.36. The number of rotatable bonds is 6. The summed E-state index contributed by atoms with van der Waals surface area (Å²) in [5.41, 5.74) is -0.515. The van der Waals surface area contributed by atoms with E-state index < -0.39 is 5.41 Å². The minimum Gasteiger partial charge on any atom is -0.475 e. The zero-order valence-electron chi connectivity index (χ0n) is 12.2. The first-order chi connectivity index (χ1) is 8.85. The second-order valence-electron chi connectivity index (χ2n) is 5.22. The topological polar surface area (TPSA) is 76.1 Å². The summed E-state index contributed by atoms with van der Waals surface area (Å²) in [4.78, 5) is 19.8. The first-order valence-electron chi connectivity index (χ1n) is 6.30. The quantitative estimate of drug-likeness (QED) is 0.815. The minimum absolute atomic E-state index is 0.0206. The molecule has 0 aliphatic rings. The van der Waals surface area contributed by atoms with Crippen molar-refractivity contribution in [3.8, 4) is 5.88 Å². The Balaban J connectivity index is 2.65. The van der Waals surface area contributed by atoms with Gasteiger partial charge in [-0.1, -0.05) is 0 Å². The van der Waals surface area contributed by atoms with E-state index in [9.17, 15) is 4.79 Å². The van der Waals surface area contributed by atoms with Crippen molar-refractivity contribution in [3.05, 3.63) is 12.4 Å². The summed E-state index contributed by atoms with van der Waals surface area (Å²) in [6.45, 7) is 8.08. The molecule has 0 aromatic carbocycles. The summed E-state index contributed by atoms with van der Waals surface area (Å²) in [7, 11) is 1.63. The highest BCUT2D eigenvalue weighted by molar-refractivity contribution is 5.82. The normalized spacial score (nSPS) is 11.3. The van der Waals surface area contributed by atoms with E-state index in [4.69, 9.17) is 4.74 Å². The van der Waals surface area contributed by atoms with Crippen molar-refractivity contribution in [1.82, 2.24) is 15.3 Å². The standard InChI is InChI=1S/C13H22N4O2/c1-9(2)19-11-6-10(16-8-17-11)15-7-13(3,4)12(18)14-5/h6,8-9H,7H2,1-5H3,(H,14,18)(H,15,16,17). The van der Waals surface area contributed by atoms with Gasteiger partial charge >= 0.3 is 0 Å². The fraction of sp³-hybridized carbons (Fsp3) is 0.615. The Bertz CT molecular complexity index is 432. The van der Waals surface area contributed by atoms with E-state index in [0.717, 1.165) is 0 Å². The maximum atomic E-state index is 11.7. The predicted molar refractivity (Wildman–Crippen MR) is 74.1 cm³/mol. The lowest BCUT2D eigenvalue weighted by atomic mass is 9.92. The molecular weight excluding hydrogens is 244 g/mol. The Morgan fingerprint density at radius 2 is 2.11 bits per heavy atom. The third-order valence-electron chi connectivity index (χ3n) is 2.55. The molecule has 19 heavy (non-hydrogen) atoms. The van der Waals surface area contributed by atoms with Crippen LogP contribution in [0.25, 0.3) is 0 Å². The van der Waals surface area contributed by atoms with Gasteiger partial charge in [-0.15, -0.1) is 0 Å². The minimum atomic E-state index is -0.515. The van der Waals surface area contributed by atoms with Crippen molar-refractivity contribution in [2.24, 2.45) is 5.41 Å². The van der Waals surface area contributed by atoms with Crippen LogP contribution in [-0.4, -0.2) is 35.6 Å². The molecule has 0 atom stereocenters. The smallest absolute Gasteiger partial charge is 0.227 e. The van der Waals surface area contributed by atoms with E-state index in [-0.39, 0.29) is 12.0 Å². The highest BCUT2D eigenvalue weighted by atomic mass is 16.5. The molecule has 0 fully saturated rings. The van der Waals surface area contributed by atoms with Crippen LogP contribution in [0.1, 0.15) is 27.7 Å². The van der Waals surface area contributed by atoms with Crippen molar-refractivity contribution < 1.29 is 9.53 Å². The van der Waals surface area contributed by atoms with Crippen LogP contribution < -0.4 is 15.4 Å². The molecule has 6 nitrogen and oxygen atoms in total. The van der Waals surface area contributed by atoms with Crippen molar-refractivity contribution in [2.45, 2.75) is 33.8 Å².